The van der Waals surface area contributed by atoms with E-state index in [0.29, 0.717) is 17.7 Å². The lowest BCUT2D eigenvalue weighted by atomic mass is 10.1. The number of carbonyl (C=O) groups is 2. The van der Waals surface area contributed by atoms with Crippen molar-refractivity contribution in [2.45, 2.75) is 52.4 Å². The van der Waals surface area contributed by atoms with E-state index in [4.69, 9.17) is 5.11 Å². The number of amides is 1. The fraction of sp³-hybridized carbons (Fsp3) is 0.579. The zero-order valence-corrected chi connectivity index (χ0v) is 17.5. The highest BCUT2D eigenvalue weighted by Crippen LogP contribution is 2.21. The molecule has 1 aromatic rings. The van der Waals surface area contributed by atoms with Crippen LogP contribution in [-0.2, 0) is 19.6 Å². The first-order valence-electron chi connectivity index (χ1n) is 9.01. The maximum Gasteiger partial charge on any atom is 0.305 e. The van der Waals surface area contributed by atoms with Gasteiger partial charge in [-0.3, -0.25) is 9.59 Å². The van der Waals surface area contributed by atoms with Gasteiger partial charge in [-0.1, -0.05) is 31.5 Å². The Morgan fingerprint density at radius 3 is 2.15 bits per heavy atom. The summed E-state index contributed by atoms with van der Waals surface area (Å²) in [7, 11) is -3.72. The van der Waals surface area contributed by atoms with Crippen molar-refractivity contribution >= 4 is 21.9 Å². The molecule has 0 aliphatic rings. The molecule has 1 rings (SSSR count). The molecule has 0 bridgehead atoms. The van der Waals surface area contributed by atoms with Crippen molar-refractivity contribution in [3.05, 3.63) is 28.8 Å². The first kappa shape index (κ1) is 23.1. The lowest BCUT2D eigenvalue weighted by molar-refractivity contribution is -0.138. The summed E-state index contributed by atoms with van der Waals surface area (Å²) in [5, 5.41) is 8.83. The molecular formula is C19H30N2O5S. The van der Waals surface area contributed by atoms with E-state index < -0.39 is 16.0 Å². The number of sulfonamides is 1. The smallest absolute Gasteiger partial charge is 0.305 e. The Kier molecular flexibility index (Phi) is 8.43. The van der Waals surface area contributed by atoms with Gasteiger partial charge in [-0.2, -0.15) is 0 Å². The minimum absolute atomic E-state index is 0.0183. The van der Waals surface area contributed by atoms with Gasteiger partial charge in [0.1, 0.15) is 0 Å². The summed E-state index contributed by atoms with van der Waals surface area (Å²) in [4.78, 5) is 24.9. The van der Waals surface area contributed by atoms with Crippen LogP contribution in [0.5, 0.6) is 0 Å². The number of hydrogen-bond acceptors (Lipinski definition) is 4. The number of aliphatic carboxylic acids is 1. The lowest BCUT2D eigenvalue weighted by Crippen LogP contribution is -2.38. The van der Waals surface area contributed by atoms with E-state index in [-0.39, 0.29) is 42.7 Å². The van der Waals surface area contributed by atoms with Crippen molar-refractivity contribution in [3.63, 3.8) is 0 Å². The van der Waals surface area contributed by atoms with E-state index in [0.717, 1.165) is 5.56 Å². The monoisotopic (exact) mass is 398 g/mol. The van der Waals surface area contributed by atoms with Crippen LogP contribution in [0.1, 0.15) is 43.4 Å². The van der Waals surface area contributed by atoms with Crippen LogP contribution in [-0.4, -0.2) is 49.9 Å². The molecule has 0 saturated carbocycles. The number of rotatable bonds is 10. The van der Waals surface area contributed by atoms with Crippen molar-refractivity contribution in [1.82, 2.24) is 9.62 Å². The molecule has 0 aromatic heterocycles. The standard InChI is InChI=1S/C19H30N2O5S/c1-13(2)12-21(9-7-18(23)24)17(22)6-8-20-27(25,26)19-15(4)10-14(3)11-16(19)5/h10-11,13,20H,6-9,12H2,1-5H3,(H,23,24). The average molecular weight is 399 g/mol. The molecule has 1 amide bonds. The molecule has 8 heteroatoms. The van der Waals surface area contributed by atoms with Crippen molar-refractivity contribution in [2.24, 2.45) is 5.92 Å². The average Bonchev–Trinajstić information content (AvgIpc) is 2.49. The van der Waals surface area contributed by atoms with E-state index in [2.05, 4.69) is 4.72 Å². The Labute approximate surface area is 161 Å². The normalized spacial score (nSPS) is 11.6. The van der Waals surface area contributed by atoms with Crippen LogP contribution in [0.2, 0.25) is 0 Å². The molecule has 27 heavy (non-hydrogen) atoms. The minimum atomic E-state index is -3.72. The summed E-state index contributed by atoms with van der Waals surface area (Å²) in [5.41, 5.74) is 2.31. The summed E-state index contributed by atoms with van der Waals surface area (Å²) in [5.74, 6) is -1.04. The van der Waals surface area contributed by atoms with Gasteiger partial charge in [0.25, 0.3) is 0 Å². The second kappa shape index (κ2) is 9.85. The molecule has 7 nitrogen and oxygen atoms in total. The molecule has 0 aliphatic heterocycles. The van der Waals surface area contributed by atoms with Crippen LogP contribution in [0.25, 0.3) is 0 Å². The van der Waals surface area contributed by atoms with E-state index in [9.17, 15) is 18.0 Å². The maximum absolute atomic E-state index is 12.6. The van der Waals surface area contributed by atoms with E-state index in [1.54, 1.807) is 13.8 Å². The molecule has 0 atom stereocenters. The second-order valence-corrected chi connectivity index (χ2v) is 8.96. The highest BCUT2D eigenvalue weighted by molar-refractivity contribution is 7.89. The fourth-order valence-electron chi connectivity index (χ4n) is 3.10. The summed E-state index contributed by atoms with van der Waals surface area (Å²) in [6, 6.07) is 3.62. The van der Waals surface area contributed by atoms with Crippen LogP contribution in [0.15, 0.2) is 17.0 Å². The Hall–Kier alpha value is -1.93. The van der Waals surface area contributed by atoms with Gasteiger partial charge in [0, 0.05) is 26.1 Å². The minimum Gasteiger partial charge on any atom is -0.481 e. The zero-order chi connectivity index (χ0) is 20.8. The first-order chi connectivity index (χ1) is 12.4. The van der Waals surface area contributed by atoms with Crippen molar-refractivity contribution in [3.8, 4) is 0 Å². The molecule has 0 saturated heterocycles. The van der Waals surface area contributed by atoms with Crippen LogP contribution < -0.4 is 4.72 Å². The van der Waals surface area contributed by atoms with Gasteiger partial charge in [-0.05, 0) is 37.8 Å². The van der Waals surface area contributed by atoms with E-state index in [1.165, 1.54) is 4.90 Å². The van der Waals surface area contributed by atoms with Gasteiger partial charge >= 0.3 is 5.97 Å². The number of nitrogens with one attached hydrogen (secondary N) is 1. The van der Waals surface area contributed by atoms with Crippen LogP contribution in [0, 0.1) is 26.7 Å². The first-order valence-corrected chi connectivity index (χ1v) is 10.5. The van der Waals surface area contributed by atoms with Gasteiger partial charge in [0.15, 0.2) is 0 Å². The van der Waals surface area contributed by atoms with Gasteiger partial charge in [-0.25, -0.2) is 13.1 Å². The van der Waals surface area contributed by atoms with E-state index in [1.807, 2.05) is 32.9 Å². The Morgan fingerprint density at radius 1 is 1.11 bits per heavy atom. The number of carboxylic acid groups (broad SMARTS) is 1. The number of aryl methyl sites for hydroxylation is 3. The maximum atomic E-state index is 12.6. The predicted octanol–water partition coefficient (Wildman–Crippen LogP) is 2.24. The van der Waals surface area contributed by atoms with Crippen LogP contribution >= 0.6 is 0 Å². The van der Waals surface area contributed by atoms with Crippen LogP contribution in [0.3, 0.4) is 0 Å². The van der Waals surface area contributed by atoms with Gasteiger partial charge in [0.05, 0.1) is 11.3 Å². The van der Waals surface area contributed by atoms with Crippen molar-refractivity contribution in [2.75, 3.05) is 19.6 Å². The van der Waals surface area contributed by atoms with E-state index >= 15 is 0 Å². The number of benzene rings is 1. The van der Waals surface area contributed by atoms with Gasteiger partial charge < -0.3 is 10.0 Å². The molecule has 1 aromatic carbocycles. The molecule has 152 valence electrons. The predicted molar refractivity (Wildman–Crippen MR) is 104 cm³/mol. The summed E-state index contributed by atoms with van der Waals surface area (Å²) < 4.78 is 27.7. The zero-order valence-electron chi connectivity index (χ0n) is 16.7. The Bertz CT molecular complexity index is 764. The third-order valence-electron chi connectivity index (χ3n) is 4.04. The van der Waals surface area contributed by atoms with Crippen LogP contribution in [0.4, 0.5) is 0 Å². The van der Waals surface area contributed by atoms with Gasteiger partial charge in [-0.15, -0.1) is 0 Å². The molecule has 0 aliphatic carbocycles. The number of nitrogens with zero attached hydrogens (tertiary/aromatic N) is 1. The molecule has 0 heterocycles. The molecule has 0 fully saturated rings. The quantitative estimate of drug-likeness (QED) is 0.629. The fourth-order valence-corrected chi connectivity index (χ4v) is 4.58. The molecule has 0 radical (unpaired) electrons. The van der Waals surface area contributed by atoms with Crippen molar-refractivity contribution in [1.29, 1.82) is 0 Å². The Morgan fingerprint density at radius 2 is 1.67 bits per heavy atom. The summed E-state index contributed by atoms with van der Waals surface area (Å²) in [6.07, 6.45) is -0.151. The topological polar surface area (TPSA) is 104 Å². The third kappa shape index (κ3) is 7.30. The van der Waals surface area contributed by atoms with Gasteiger partial charge in [0.2, 0.25) is 15.9 Å². The number of carboxylic acids is 1. The largest absolute Gasteiger partial charge is 0.481 e. The SMILES string of the molecule is Cc1cc(C)c(S(=O)(=O)NCCC(=O)N(CCC(=O)O)CC(C)C)c(C)c1. The van der Waals surface area contributed by atoms with Crippen molar-refractivity contribution < 1.29 is 23.1 Å². The third-order valence-corrected chi connectivity index (χ3v) is 5.80. The number of carbonyl (C=O) groups excluding carboxylic acids is 1. The lowest BCUT2D eigenvalue weighted by Gasteiger charge is -2.24. The molecule has 2 N–H and O–H groups in total. The second-order valence-electron chi connectivity index (χ2n) is 7.25. The summed E-state index contributed by atoms with van der Waals surface area (Å²) in [6.45, 7) is 9.80. The highest BCUT2D eigenvalue weighted by Gasteiger charge is 2.21. The Balaban J connectivity index is 2.76. The highest BCUT2D eigenvalue weighted by atomic mass is 32.2. The molecule has 0 spiro atoms. The molecule has 0 unspecified atom stereocenters. The number of hydrogen-bond donors (Lipinski definition) is 2. The summed E-state index contributed by atoms with van der Waals surface area (Å²) >= 11 is 0. The molecular weight excluding hydrogens is 368 g/mol.